The van der Waals surface area contributed by atoms with Gasteiger partial charge in [0.15, 0.2) is 0 Å². The van der Waals surface area contributed by atoms with Crippen molar-refractivity contribution in [3.05, 3.63) is 59.2 Å². The van der Waals surface area contributed by atoms with Crippen LogP contribution in [0.1, 0.15) is 21.5 Å². The second-order valence-electron chi connectivity index (χ2n) is 4.18. The van der Waals surface area contributed by atoms with Crippen LogP contribution in [0, 0.1) is 13.8 Å². The van der Waals surface area contributed by atoms with Crippen LogP contribution in [0.3, 0.4) is 0 Å². The van der Waals surface area contributed by atoms with Crippen LogP contribution in [-0.4, -0.2) is 6.29 Å². The third-order valence-electron chi connectivity index (χ3n) is 2.80. The highest BCUT2D eigenvalue weighted by atomic mass is 16.1. The largest absolute Gasteiger partial charge is 0.298 e. The van der Waals surface area contributed by atoms with E-state index in [1.54, 1.807) is 24.3 Å². The smallest absolute Gasteiger partial charge is 0.150 e. The minimum Gasteiger partial charge on any atom is -0.298 e. The molecule has 0 atom stereocenters. The monoisotopic (exact) mass is 238 g/mol. The van der Waals surface area contributed by atoms with Gasteiger partial charge in [-0.25, -0.2) is 0 Å². The lowest BCUT2D eigenvalue weighted by Gasteiger charge is -1.99. The second kappa shape index (κ2) is 5.36. The lowest BCUT2D eigenvalue weighted by Crippen LogP contribution is -1.78. The van der Waals surface area contributed by atoms with Crippen molar-refractivity contribution in [1.29, 1.82) is 0 Å². The van der Waals surface area contributed by atoms with E-state index in [4.69, 9.17) is 0 Å². The highest BCUT2D eigenvalue weighted by molar-refractivity contribution is 5.75. The fraction of sp³-hybridized carbons (Fsp3) is 0.133. The van der Waals surface area contributed by atoms with Gasteiger partial charge in [-0.1, -0.05) is 6.07 Å². The van der Waals surface area contributed by atoms with Crippen molar-refractivity contribution in [3.8, 4) is 0 Å². The van der Waals surface area contributed by atoms with Gasteiger partial charge in [-0.15, -0.1) is 0 Å². The number of benzene rings is 2. The van der Waals surface area contributed by atoms with Gasteiger partial charge in [0.2, 0.25) is 0 Å². The van der Waals surface area contributed by atoms with Crippen LogP contribution < -0.4 is 0 Å². The Morgan fingerprint density at radius 1 is 0.833 bits per heavy atom. The van der Waals surface area contributed by atoms with E-state index in [1.807, 2.05) is 25.1 Å². The predicted octanol–water partition coefficient (Wildman–Crippen LogP) is 4.53. The molecule has 2 aromatic rings. The molecule has 0 amide bonds. The molecule has 0 saturated carbocycles. The molecule has 0 fully saturated rings. The molecule has 2 rings (SSSR count). The summed E-state index contributed by atoms with van der Waals surface area (Å²) in [7, 11) is 0. The first kappa shape index (κ1) is 12.2. The number of hydrogen-bond donors (Lipinski definition) is 0. The molecule has 0 saturated heterocycles. The Balaban J connectivity index is 2.18. The molecule has 0 aliphatic carbocycles. The zero-order valence-corrected chi connectivity index (χ0v) is 10.4. The highest BCUT2D eigenvalue weighted by Crippen LogP contribution is 2.20. The summed E-state index contributed by atoms with van der Waals surface area (Å²) in [6, 6.07) is 13.0. The van der Waals surface area contributed by atoms with Crippen LogP contribution in [0.25, 0.3) is 0 Å². The summed E-state index contributed by atoms with van der Waals surface area (Å²) in [5.41, 5.74) is 4.64. The quantitative estimate of drug-likeness (QED) is 0.572. The van der Waals surface area contributed by atoms with Gasteiger partial charge in [0, 0.05) is 5.56 Å². The molecule has 0 aliphatic heterocycles. The Hall–Kier alpha value is -2.29. The summed E-state index contributed by atoms with van der Waals surface area (Å²) in [4.78, 5) is 10.5. The summed E-state index contributed by atoms with van der Waals surface area (Å²) < 4.78 is 0. The molecule has 90 valence electrons. The van der Waals surface area contributed by atoms with E-state index in [9.17, 15) is 4.79 Å². The highest BCUT2D eigenvalue weighted by Gasteiger charge is 1.95. The Labute approximate surface area is 106 Å². The maximum atomic E-state index is 10.5. The van der Waals surface area contributed by atoms with Gasteiger partial charge < -0.3 is 0 Å². The number of aryl methyl sites for hydroxylation is 2. The standard InChI is InChI=1S/C15H14N2O/c1-11-3-6-15(9-12(11)2)17-16-14-7-4-13(10-18)5-8-14/h3-10H,1-2H3. The first-order valence-corrected chi connectivity index (χ1v) is 5.73. The van der Waals surface area contributed by atoms with Crippen molar-refractivity contribution in [1.82, 2.24) is 0 Å². The van der Waals surface area contributed by atoms with Crippen LogP contribution >= 0.6 is 0 Å². The van der Waals surface area contributed by atoms with E-state index in [1.165, 1.54) is 11.1 Å². The number of aldehydes is 1. The van der Waals surface area contributed by atoms with E-state index in [0.29, 0.717) is 5.56 Å². The molecule has 2 aromatic carbocycles. The number of nitrogens with zero attached hydrogens (tertiary/aromatic N) is 2. The molecule has 18 heavy (non-hydrogen) atoms. The van der Waals surface area contributed by atoms with Gasteiger partial charge in [-0.3, -0.25) is 4.79 Å². The maximum Gasteiger partial charge on any atom is 0.150 e. The molecule has 3 heteroatoms. The minimum absolute atomic E-state index is 0.639. The summed E-state index contributed by atoms with van der Waals surface area (Å²) in [6.07, 6.45) is 0.810. The minimum atomic E-state index is 0.639. The second-order valence-corrected chi connectivity index (χ2v) is 4.18. The number of carbonyl (C=O) groups is 1. The Kier molecular flexibility index (Phi) is 3.63. The van der Waals surface area contributed by atoms with E-state index in [0.717, 1.165) is 17.7 Å². The molecule has 0 heterocycles. The Morgan fingerprint density at radius 3 is 2.06 bits per heavy atom. The number of rotatable bonds is 3. The Bertz CT molecular complexity index is 586. The molecular formula is C15H14N2O. The van der Waals surface area contributed by atoms with Crippen LogP contribution in [0.2, 0.25) is 0 Å². The van der Waals surface area contributed by atoms with Crippen LogP contribution in [0.15, 0.2) is 52.7 Å². The normalized spacial score (nSPS) is 10.8. The van der Waals surface area contributed by atoms with Crippen molar-refractivity contribution >= 4 is 17.7 Å². The van der Waals surface area contributed by atoms with E-state index >= 15 is 0 Å². The van der Waals surface area contributed by atoms with E-state index in [2.05, 4.69) is 17.2 Å². The van der Waals surface area contributed by atoms with Crippen molar-refractivity contribution in [3.63, 3.8) is 0 Å². The van der Waals surface area contributed by atoms with Gasteiger partial charge in [0.25, 0.3) is 0 Å². The SMILES string of the molecule is Cc1ccc(N=Nc2ccc(C=O)cc2)cc1C. The molecule has 0 bridgehead atoms. The van der Waals surface area contributed by atoms with Crippen LogP contribution in [0.5, 0.6) is 0 Å². The number of carbonyl (C=O) groups excluding carboxylic acids is 1. The van der Waals surface area contributed by atoms with Crippen LogP contribution in [0.4, 0.5) is 11.4 Å². The van der Waals surface area contributed by atoms with E-state index < -0.39 is 0 Å². The fourth-order valence-electron chi connectivity index (χ4n) is 1.52. The van der Waals surface area contributed by atoms with Crippen LogP contribution in [-0.2, 0) is 0 Å². The number of hydrogen-bond acceptors (Lipinski definition) is 3. The van der Waals surface area contributed by atoms with E-state index in [-0.39, 0.29) is 0 Å². The third kappa shape index (κ3) is 2.88. The first-order chi connectivity index (χ1) is 8.69. The van der Waals surface area contributed by atoms with Crippen molar-refractivity contribution in [2.45, 2.75) is 13.8 Å². The third-order valence-corrected chi connectivity index (χ3v) is 2.80. The fourth-order valence-corrected chi connectivity index (χ4v) is 1.52. The van der Waals surface area contributed by atoms with Gasteiger partial charge >= 0.3 is 0 Å². The topological polar surface area (TPSA) is 41.8 Å². The molecular weight excluding hydrogens is 224 g/mol. The zero-order valence-electron chi connectivity index (χ0n) is 10.4. The lowest BCUT2D eigenvalue weighted by molar-refractivity contribution is 0.112. The van der Waals surface area contributed by atoms with Gasteiger partial charge in [0.1, 0.15) is 6.29 Å². The average Bonchev–Trinajstić information content (AvgIpc) is 2.41. The Morgan fingerprint density at radius 2 is 1.44 bits per heavy atom. The summed E-state index contributed by atoms with van der Waals surface area (Å²) in [5, 5.41) is 8.30. The van der Waals surface area contributed by atoms with Gasteiger partial charge in [-0.05, 0) is 61.4 Å². The molecule has 0 spiro atoms. The molecule has 3 nitrogen and oxygen atoms in total. The zero-order chi connectivity index (χ0) is 13.0. The molecule has 0 N–H and O–H groups in total. The van der Waals surface area contributed by atoms with Gasteiger partial charge in [0.05, 0.1) is 11.4 Å². The van der Waals surface area contributed by atoms with Gasteiger partial charge in [-0.2, -0.15) is 10.2 Å². The molecule has 0 unspecified atom stereocenters. The molecule has 0 aliphatic rings. The average molecular weight is 238 g/mol. The van der Waals surface area contributed by atoms with Crippen molar-refractivity contribution in [2.24, 2.45) is 10.2 Å². The first-order valence-electron chi connectivity index (χ1n) is 5.73. The molecule has 0 radical (unpaired) electrons. The van der Waals surface area contributed by atoms with Crippen molar-refractivity contribution in [2.75, 3.05) is 0 Å². The summed E-state index contributed by atoms with van der Waals surface area (Å²) in [6.45, 7) is 4.11. The summed E-state index contributed by atoms with van der Waals surface area (Å²) in [5.74, 6) is 0. The molecule has 0 aromatic heterocycles. The number of azo groups is 1. The summed E-state index contributed by atoms with van der Waals surface area (Å²) >= 11 is 0. The maximum absolute atomic E-state index is 10.5. The lowest BCUT2D eigenvalue weighted by atomic mass is 10.1. The van der Waals surface area contributed by atoms with Crippen molar-refractivity contribution < 1.29 is 4.79 Å². The predicted molar refractivity (Wildman–Crippen MR) is 71.9 cm³/mol.